The number of non-ortho nitro benzene ring substituents is 1. The lowest BCUT2D eigenvalue weighted by Gasteiger charge is -2.09. The van der Waals surface area contributed by atoms with Gasteiger partial charge in [-0.3, -0.25) is 10.1 Å². The molecule has 7 nitrogen and oxygen atoms in total. The molecule has 0 aromatic heterocycles. The number of nitrogens with one attached hydrogen (secondary N) is 1. The number of amides is 1. The number of alkyl carbamates (subject to hydrolysis) is 1. The van der Waals surface area contributed by atoms with E-state index in [0.29, 0.717) is 5.75 Å². The predicted molar refractivity (Wildman–Crippen MR) is 56.9 cm³/mol. The molecule has 0 bridgehead atoms. The molecule has 1 fully saturated rings. The van der Waals surface area contributed by atoms with Crippen LogP contribution in [0.3, 0.4) is 0 Å². The summed E-state index contributed by atoms with van der Waals surface area (Å²) < 4.78 is 10.0. The number of cyclic esters (lactones) is 1. The summed E-state index contributed by atoms with van der Waals surface area (Å²) in [4.78, 5) is 20.7. The second-order valence-electron chi connectivity index (χ2n) is 3.50. The fourth-order valence-electron chi connectivity index (χ4n) is 1.38. The van der Waals surface area contributed by atoms with Gasteiger partial charge in [0.15, 0.2) is 0 Å². The Bertz CT molecular complexity index is 431. The van der Waals surface area contributed by atoms with E-state index in [9.17, 15) is 14.9 Å². The quantitative estimate of drug-likeness (QED) is 0.626. The summed E-state index contributed by atoms with van der Waals surface area (Å²) in [5.41, 5.74) is 0.00912. The van der Waals surface area contributed by atoms with Crippen molar-refractivity contribution in [3.05, 3.63) is 34.4 Å². The van der Waals surface area contributed by atoms with Crippen LogP contribution in [-0.4, -0.2) is 30.3 Å². The van der Waals surface area contributed by atoms with Gasteiger partial charge in [0, 0.05) is 12.1 Å². The Morgan fingerprint density at radius 2 is 2.18 bits per heavy atom. The van der Waals surface area contributed by atoms with Crippen LogP contribution in [0.25, 0.3) is 0 Å². The molecule has 7 heteroatoms. The molecule has 1 N–H and O–H groups in total. The molecule has 0 unspecified atom stereocenters. The molecule has 1 amide bonds. The summed E-state index contributed by atoms with van der Waals surface area (Å²) in [6, 6.07) is 5.56. The third-order valence-electron chi connectivity index (χ3n) is 2.24. The van der Waals surface area contributed by atoms with Gasteiger partial charge in [-0.1, -0.05) is 0 Å². The Labute approximate surface area is 96.5 Å². The molecule has 0 spiro atoms. The van der Waals surface area contributed by atoms with Crippen molar-refractivity contribution in [2.75, 3.05) is 13.2 Å². The average Bonchev–Trinajstić information content (AvgIpc) is 2.73. The van der Waals surface area contributed by atoms with E-state index in [-0.39, 0.29) is 24.9 Å². The first-order valence-corrected chi connectivity index (χ1v) is 4.96. The monoisotopic (exact) mass is 238 g/mol. The Hall–Kier alpha value is -2.31. The van der Waals surface area contributed by atoms with E-state index >= 15 is 0 Å². The fraction of sp³-hybridized carbons (Fsp3) is 0.300. The highest BCUT2D eigenvalue weighted by atomic mass is 16.6. The highest BCUT2D eigenvalue weighted by molar-refractivity contribution is 5.69. The molecular weight excluding hydrogens is 228 g/mol. The lowest BCUT2D eigenvalue weighted by molar-refractivity contribution is -0.384. The Kier molecular flexibility index (Phi) is 3.08. The van der Waals surface area contributed by atoms with Crippen molar-refractivity contribution in [3.63, 3.8) is 0 Å². The molecule has 1 aliphatic heterocycles. The Balaban J connectivity index is 1.87. The van der Waals surface area contributed by atoms with Crippen molar-refractivity contribution in [1.29, 1.82) is 0 Å². The van der Waals surface area contributed by atoms with E-state index in [2.05, 4.69) is 10.1 Å². The Morgan fingerprint density at radius 1 is 1.47 bits per heavy atom. The molecule has 1 atom stereocenters. The molecule has 2 rings (SSSR count). The number of rotatable bonds is 4. The number of nitro groups is 1. The van der Waals surface area contributed by atoms with Gasteiger partial charge in [0.2, 0.25) is 0 Å². The number of carbonyl (C=O) groups excluding carboxylic acids is 1. The summed E-state index contributed by atoms with van der Waals surface area (Å²) in [7, 11) is 0. The third-order valence-corrected chi connectivity index (χ3v) is 2.24. The Morgan fingerprint density at radius 3 is 2.71 bits per heavy atom. The van der Waals surface area contributed by atoms with Crippen LogP contribution in [0.4, 0.5) is 10.5 Å². The van der Waals surface area contributed by atoms with Crippen LogP contribution in [0.1, 0.15) is 0 Å². The van der Waals surface area contributed by atoms with Crippen molar-refractivity contribution in [2.45, 2.75) is 6.04 Å². The van der Waals surface area contributed by atoms with Crippen LogP contribution < -0.4 is 10.1 Å². The number of ether oxygens (including phenoxy) is 2. The van der Waals surface area contributed by atoms with Crippen LogP contribution in [0.2, 0.25) is 0 Å². The molecule has 1 aliphatic rings. The summed E-state index contributed by atoms with van der Waals surface area (Å²) in [5.74, 6) is 0.511. The zero-order chi connectivity index (χ0) is 12.3. The zero-order valence-corrected chi connectivity index (χ0v) is 8.79. The van der Waals surface area contributed by atoms with Gasteiger partial charge in [-0.15, -0.1) is 0 Å². The maximum atomic E-state index is 10.7. The van der Waals surface area contributed by atoms with Gasteiger partial charge < -0.3 is 14.8 Å². The number of nitrogens with zero attached hydrogens (tertiary/aromatic N) is 1. The number of carbonyl (C=O) groups is 1. The molecule has 0 radical (unpaired) electrons. The molecule has 1 aromatic rings. The molecule has 17 heavy (non-hydrogen) atoms. The standard InChI is InChI=1S/C10H10N2O5/c13-10-11-7(6-17-10)5-16-9-3-1-8(2-4-9)12(14)15/h1-4,7H,5-6H2,(H,11,13)/t7-/m1/s1. The van der Waals surface area contributed by atoms with Crippen molar-refractivity contribution in [1.82, 2.24) is 5.32 Å². The number of hydrogen-bond acceptors (Lipinski definition) is 5. The number of benzene rings is 1. The van der Waals surface area contributed by atoms with Crippen LogP contribution in [0.15, 0.2) is 24.3 Å². The first-order chi connectivity index (χ1) is 8.15. The molecule has 90 valence electrons. The van der Waals surface area contributed by atoms with Crippen molar-refractivity contribution >= 4 is 11.8 Å². The fourth-order valence-corrected chi connectivity index (χ4v) is 1.38. The van der Waals surface area contributed by atoms with Crippen molar-refractivity contribution in [3.8, 4) is 5.75 Å². The average molecular weight is 238 g/mol. The van der Waals surface area contributed by atoms with E-state index in [4.69, 9.17) is 4.74 Å². The van der Waals surface area contributed by atoms with Crippen LogP contribution in [0.5, 0.6) is 5.75 Å². The maximum absolute atomic E-state index is 10.7. The highest BCUT2D eigenvalue weighted by Crippen LogP contribution is 2.17. The van der Waals surface area contributed by atoms with E-state index in [0.717, 1.165) is 0 Å². The third kappa shape index (κ3) is 2.83. The minimum atomic E-state index is -0.477. The van der Waals surface area contributed by atoms with Gasteiger partial charge in [0.25, 0.3) is 5.69 Å². The van der Waals surface area contributed by atoms with Crippen molar-refractivity contribution in [2.24, 2.45) is 0 Å². The molecule has 1 heterocycles. The van der Waals surface area contributed by atoms with Gasteiger partial charge in [-0.25, -0.2) is 4.79 Å². The largest absolute Gasteiger partial charge is 0.491 e. The topological polar surface area (TPSA) is 90.7 Å². The second-order valence-corrected chi connectivity index (χ2v) is 3.50. The summed E-state index contributed by atoms with van der Waals surface area (Å²) >= 11 is 0. The molecule has 0 aliphatic carbocycles. The number of hydrogen-bond donors (Lipinski definition) is 1. The van der Waals surface area contributed by atoms with Crippen molar-refractivity contribution < 1.29 is 19.2 Å². The molecule has 1 saturated heterocycles. The summed E-state index contributed by atoms with van der Waals surface area (Å²) in [5, 5.41) is 13.0. The molecule has 1 aromatic carbocycles. The molecule has 0 saturated carbocycles. The van der Waals surface area contributed by atoms with Gasteiger partial charge in [-0.05, 0) is 12.1 Å². The predicted octanol–water partition coefficient (Wildman–Crippen LogP) is 1.08. The summed E-state index contributed by atoms with van der Waals surface area (Å²) in [6.45, 7) is 0.537. The normalized spacial score (nSPS) is 18.4. The summed E-state index contributed by atoms with van der Waals surface area (Å²) in [6.07, 6.45) is -0.456. The minimum Gasteiger partial charge on any atom is -0.491 e. The van der Waals surface area contributed by atoms with Crippen LogP contribution in [-0.2, 0) is 4.74 Å². The van der Waals surface area contributed by atoms with E-state index in [1.54, 1.807) is 0 Å². The highest BCUT2D eigenvalue weighted by Gasteiger charge is 2.22. The second kappa shape index (κ2) is 4.69. The zero-order valence-electron chi connectivity index (χ0n) is 8.79. The lowest BCUT2D eigenvalue weighted by atomic mass is 10.3. The van der Waals surface area contributed by atoms with E-state index in [1.165, 1.54) is 24.3 Å². The van der Waals surface area contributed by atoms with Gasteiger partial charge >= 0.3 is 6.09 Å². The smallest absolute Gasteiger partial charge is 0.407 e. The van der Waals surface area contributed by atoms with E-state index < -0.39 is 11.0 Å². The first kappa shape index (κ1) is 11.2. The van der Waals surface area contributed by atoms with Crippen LogP contribution in [0, 0.1) is 10.1 Å². The SMILES string of the molecule is O=C1N[C@H](COc2ccc([N+](=O)[O-])cc2)CO1. The lowest BCUT2D eigenvalue weighted by Crippen LogP contribution is -2.32. The van der Waals surface area contributed by atoms with Gasteiger partial charge in [0.05, 0.1) is 4.92 Å². The minimum absolute atomic E-state index is 0.00912. The van der Waals surface area contributed by atoms with E-state index in [1.807, 2.05) is 0 Å². The van der Waals surface area contributed by atoms with Gasteiger partial charge in [0.1, 0.15) is 25.0 Å². The first-order valence-electron chi connectivity index (χ1n) is 4.96. The number of nitro benzene ring substituents is 1. The van der Waals surface area contributed by atoms with Gasteiger partial charge in [-0.2, -0.15) is 0 Å². The molecular formula is C10H10N2O5. The van der Waals surface area contributed by atoms with Crippen LogP contribution >= 0.6 is 0 Å². The maximum Gasteiger partial charge on any atom is 0.407 e.